The lowest BCUT2D eigenvalue weighted by molar-refractivity contribution is -0.0741. The second-order valence-electron chi connectivity index (χ2n) is 4.31. The molecular weight excluding hydrogens is 268 g/mol. The molecule has 2 rings (SSSR count). The van der Waals surface area contributed by atoms with Crippen molar-refractivity contribution >= 4 is 10.8 Å². The molecule has 0 aliphatic heterocycles. The number of aromatic amines is 1. The van der Waals surface area contributed by atoms with Crippen LogP contribution in [-0.2, 0) is 4.74 Å². The maximum absolute atomic E-state index is 11.7. The zero-order valence-electron chi connectivity index (χ0n) is 11.9. The van der Waals surface area contributed by atoms with Gasteiger partial charge in [0.15, 0.2) is 0 Å². The number of fused-ring (bicyclic) bond motifs is 1. The zero-order valence-corrected chi connectivity index (χ0v) is 11.9. The average Bonchev–Trinajstić information content (AvgIpc) is 2.51. The Kier molecular flexibility index (Phi) is 5.29. The molecule has 1 heterocycles. The molecule has 0 bridgehead atoms. The molecule has 1 unspecified atom stereocenters. The quantitative estimate of drug-likeness (QED) is 0.628. The van der Waals surface area contributed by atoms with Crippen molar-refractivity contribution in [2.75, 3.05) is 6.61 Å². The molecule has 1 aromatic carbocycles. The molecule has 110 valence electrons. The molecule has 2 aromatic rings. The third-order valence-corrected chi connectivity index (χ3v) is 2.86. The molecule has 0 aliphatic carbocycles. The van der Waals surface area contributed by atoms with Gasteiger partial charge in [0.1, 0.15) is 0 Å². The van der Waals surface area contributed by atoms with Gasteiger partial charge in [-0.25, -0.2) is 5.10 Å². The van der Waals surface area contributed by atoms with Crippen molar-refractivity contribution < 1.29 is 9.47 Å². The van der Waals surface area contributed by atoms with Crippen molar-refractivity contribution in [1.29, 1.82) is 0 Å². The third-order valence-electron chi connectivity index (χ3n) is 2.86. The summed E-state index contributed by atoms with van der Waals surface area (Å²) < 4.78 is 11.3. The minimum Gasteiger partial charge on any atom is -0.446 e. The minimum atomic E-state index is -0.465. The lowest BCUT2D eigenvalue weighted by Crippen LogP contribution is -2.22. The largest absolute Gasteiger partial charge is 0.446 e. The first kappa shape index (κ1) is 15.0. The number of H-pyrrole nitrogens is 1. The van der Waals surface area contributed by atoms with E-state index in [9.17, 15) is 4.79 Å². The molecule has 0 fully saturated rings. The Balaban J connectivity index is 2.28. The van der Waals surface area contributed by atoms with E-state index in [1.54, 1.807) is 24.3 Å². The summed E-state index contributed by atoms with van der Waals surface area (Å²) >= 11 is 0. The minimum absolute atomic E-state index is 0.238. The maximum Gasteiger partial charge on any atom is 0.272 e. The molecule has 0 amide bonds. The van der Waals surface area contributed by atoms with Gasteiger partial charge in [-0.15, -0.1) is 5.10 Å². The van der Waals surface area contributed by atoms with E-state index in [-0.39, 0.29) is 5.56 Å². The SMILES string of the molecule is C=C/C=C\CC(OCC)Oc1n[nH]c(=O)c2ccccc12. The van der Waals surface area contributed by atoms with Gasteiger partial charge in [0.2, 0.25) is 12.2 Å². The topological polar surface area (TPSA) is 64.2 Å². The van der Waals surface area contributed by atoms with Gasteiger partial charge in [-0.1, -0.05) is 36.9 Å². The van der Waals surface area contributed by atoms with Gasteiger partial charge in [-0.05, 0) is 19.1 Å². The van der Waals surface area contributed by atoms with Crippen LogP contribution in [0.15, 0.2) is 53.9 Å². The highest BCUT2D eigenvalue weighted by Crippen LogP contribution is 2.21. The number of allylic oxidation sites excluding steroid dienone is 2. The first-order chi connectivity index (χ1) is 10.3. The zero-order chi connectivity index (χ0) is 15.1. The molecular formula is C16H18N2O3. The third kappa shape index (κ3) is 3.79. The van der Waals surface area contributed by atoms with Crippen LogP contribution >= 0.6 is 0 Å². The number of nitrogens with one attached hydrogen (secondary N) is 1. The first-order valence-electron chi connectivity index (χ1n) is 6.79. The van der Waals surface area contributed by atoms with E-state index in [4.69, 9.17) is 9.47 Å². The van der Waals surface area contributed by atoms with E-state index in [0.29, 0.717) is 29.7 Å². The van der Waals surface area contributed by atoms with Crippen LogP contribution in [-0.4, -0.2) is 23.1 Å². The molecule has 0 saturated heterocycles. The van der Waals surface area contributed by atoms with Crippen molar-refractivity contribution in [3.63, 3.8) is 0 Å². The standard InChI is InChI=1S/C16H18N2O3/c1-3-5-6-11-14(20-4-2)21-16-13-10-8-7-9-12(13)15(19)17-18-16/h3,5-10,14H,1,4,11H2,2H3,(H,17,19)/b6-5-. The molecule has 0 aliphatic rings. The van der Waals surface area contributed by atoms with E-state index < -0.39 is 6.29 Å². The number of hydrogen-bond acceptors (Lipinski definition) is 4. The summed E-state index contributed by atoms with van der Waals surface area (Å²) in [5.41, 5.74) is -0.238. The fourth-order valence-corrected chi connectivity index (χ4v) is 1.93. The van der Waals surface area contributed by atoms with Crippen LogP contribution in [0.4, 0.5) is 0 Å². The Labute approximate surface area is 122 Å². The fourth-order valence-electron chi connectivity index (χ4n) is 1.93. The van der Waals surface area contributed by atoms with E-state index in [2.05, 4.69) is 16.8 Å². The van der Waals surface area contributed by atoms with Crippen LogP contribution in [0.3, 0.4) is 0 Å². The smallest absolute Gasteiger partial charge is 0.272 e. The molecule has 1 N–H and O–H groups in total. The Hall–Kier alpha value is -2.40. The molecule has 0 saturated carbocycles. The van der Waals surface area contributed by atoms with Crippen LogP contribution < -0.4 is 10.3 Å². The highest BCUT2D eigenvalue weighted by atomic mass is 16.7. The van der Waals surface area contributed by atoms with Gasteiger partial charge in [0, 0.05) is 13.0 Å². The number of hydrogen-bond donors (Lipinski definition) is 1. The van der Waals surface area contributed by atoms with Crippen LogP contribution in [0.2, 0.25) is 0 Å². The predicted octanol–water partition coefficient (Wildman–Crippen LogP) is 2.80. The maximum atomic E-state index is 11.7. The van der Waals surface area contributed by atoms with Crippen molar-refractivity contribution in [3.05, 3.63) is 59.4 Å². The summed E-state index contributed by atoms with van der Waals surface area (Å²) in [7, 11) is 0. The fraction of sp³-hybridized carbons (Fsp3) is 0.250. The Morgan fingerprint density at radius 3 is 2.86 bits per heavy atom. The lowest BCUT2D eigenvalue weighted by Gasteiger charge is -2.17. The molecule has 21 heavy (non-hydrogen) atoms. The van der Waals surface area contributed by atoms with Gasteiger partial charge in [0.05, 0.1) is 10.8 Å². The average molecular weight is 286 g/mol. The molecule has 5 heteroatoms. The predicted molar refractivity (Wildman–Crippen MR) is 82.4 cm³/mol. The lowest BCUT2D eigenvalue weighted by atomic mass is 10.2. The monoisotopic (exact) mass is 286 g/mol. The molecule has 0 spiro atoms. The summed E-state index contributed by atoms with van der Waals surface area (Å²) in [5, 5.41) is 7.62. The summed E-state index contributed by atoms with van der Waals surface area (Å²) in [6.45, 7) is 6.03. The Morgan fingerprint density at radius 2 is 2.14 bits per heavy atom. The van der Waals surface area contributed by atoms with Crippen molar-refractivity contribution in [2.24, 2.45) is 0 Å². The van der Waals surface area contributed by atoms with E-state index in [1.165, 1.54) is 0 Å². The Morgan fingerprint density at radius 1 is 1.38 bits per heavy atom. The first-order valence-corrected chi connectivity index (χ1v) is 6.79. The van der Waals surface area contributed by atoms with Crippen LogP contribution in [0.1, 0.15) is 13.3 Å². The van der Waals surface area contributed by atoms with E-state index >= 15 is 0 Å². The normalized spacial score (nSPS) is 12.6. The Bertz CT molecular complexity index is 691. The van der Waals surface area contributed by atoms with Crippen LogP contribution in [0.25, 0.3) is 10.8 Å². The van der Waals surface area contributed by atoms with Crippen molar-refractivity contribution in [2.45, 2.75) is 19.6 Å². The summed E-state index contributed by atoms with van der Waals surface area (Å²) in [6, 6.07) is 7.17. The summed E-state index contributed by atoms with van der Waals surface area (Å²) in [4.78, 5) is 11.7. The summed E-state index contributed by atoms with van der Waals surface area (Å²) in [5.74, 6) is 0.357. The van der Waals surface area contributed by atoms with Gasteiger partial charge in [0.25, 0.3) is 5.56 Å². The number of aromatic nitrogens is 2. The highest BCUT2D eigenvalue weighted by Gasteiger charge is 2.13. The molecule has 1 aromatic heterocycles. The van der Waals surface area contributed by atoms with E-state index in [0.717, 1.165) is 0 Å². The molecule has 5 nitrogen and oxygen atoms in total. The second-order valence-corrected chi connectivity index (χ2v) is 4.31. The van der Waals surface area contributed by atoms with Gasteiger partial charge in [-0.2, -0.15) is 0 Å². The van der Waals surface area contributed by atoms with Gasteiger partial charge < -0.3 is 9.47 Å². The number of benzene rings is 1. The van der Waals surface area contributed by atoms with Gasteiger partial charge in [-0.3, -0.25) is 4.79 Å². The van der Waals surface area contributed by atoms with Crippen LogP contribution in [0, 0.1) is 0 Å². The number of ether oxygens (including phenoxy) is 2. The van der Waals surface area contributed by atoms with E-state index in [1.807, 2.05) is 25.1 Å². The summed E-state index contributed by atoms with van der Waals surface area (Å²) in [6.07, 6.45) is 5.52. The molecule has 1 atom stereocenters. The number of nitrogens with zero attached hydrogens (tertiary/aromatic N) is 1. The second kappa shape index (κ2) is 7.40. The number of rotatable bonds is 7. The van der Waals surface area contributed by atoms with Gasteiger partial charge >= 0.3 is 0 Å². The van der Waals surface area contributed by atoms with Crippen molar-refractivity contribution in [3.8, 4) is 5.88 Å². The van der Waals surface area contributed by atoms with Crippen molar-refractivity contribution in [1.82, 2.24) is 10.2 Å². The molecule has 0 radical (unpaired) electrons. The van der Waals surface area contributed by atoms with Crippen LogP contribution in [0.5, 0.6) is 5.88 Å². The highest BCUT2D eigenvalue weighted by molar-refractivity contribution is 5.85.